The minimum atomic E-state index is 0.902. The molecule has 1 aliphatic heterocycles. The smallest absolute Gasteiger partial charge is 0.0931 e. The van der Waals surface area contributed by atoms with Gasteiger partial charge in [0.05, 0.1) is 17.4 Å². The van der Waals surface area contributed by atoms with Crippen LogP contribution in [0.15, 0.2) is 24.5 Å². The number of aromatic nitrogens is 2. The lowest BCUT2D eigenvalue weighted by Gasteiger charge is -2.27. The van der Waals surface area contributed by atoms with Gasteiger partial charge in [-0.1, -0.05) is 6.07 Å². The fourth-order valence-electron chi connectivity index (χ4n) is 2.32. The summed E-state index contributed by atoms with van der Waals surface area (Å²) in [6.45, 7) is 6.32. The first-order valence-corrected chi connectivity index (χ1v) is 6.47. The molecule has 5 nitrogen and oxygen atoms in total. The van der Waals surface area contributed by atoms with Crippen LogP contribution in [0.1, 0.15) is 5.56 Å². The molecule has 0 atom stereocenters. The summed E-state index contributed by atoms with van der Waals surface area (Å²) in [6.07, 6.45) is 1.74. The summed E-state index contributed by atoms with van der Waals surface area (Å²) >= 11 is 0. The van der Waals surface area contributed by atoms with E-state index in [0.29, 0.717) is 0 Å². The Balaban J connectivity index is 1.52. The molecule has 0 bridgehead atoms. The lowest BCUT2D eigenvalue weighted by molar-refractivity contribution is 0.223. The number of rotatable bonds is 4. The van der Waals surface area contributed by atoms with Crippen LogP contribution in [0.2, 0.25) is 0 Å². The van der Waals surface area contributed by atoms with Crippen LogP contribution in [-0.2, 0) is 6.54 Å². The minimum Gasteiger partial charge on any atom is -0.345 e. The highest BCUT2D eigenvalue weighted by atomic mass is 15.2. The molecular formula is C13H19N5. The molecule has 18 heavy (non-hydrogen) atoms. The zero-order valence-corrected chi connectivity index (χ0v) is 10.4. The number of hydrogen-bond donors (Lipinski definition) is 3. The zero-order chi connectivity index (χ0) is 12.2. The highest BCUT2D eigenvalue weighted by Gasteiger charge is 2.08. The Morgan fingerprint density at radius 3 is 3.06 bits per heavy atom. The van der Waals surface area contributed by atoms with Crippen molar-refractivity contribution in [3.63, 3.8) is 0 Å². The van der Waals surface area contributed by atoms with Crippen LogP contribution in [0.5, 0.6) is 0 Å². The molecule has 0 unspecified atom stereocenters. The summed E-state index contributed by atoms with van der Waals surface area (Å²) in [6, 6.07) is 6.36. The quantitative estimate of drug-likeness (QED) is 0.735. The molecular weight excluding hydrogens is 226 g/mol. The van der Waals surface area contributed by atoms with Crippen molar-refractivity contribution in [2.45, 2.75) is 6.54 Å². The van der Waals surface area contributed by atoms with E-state index in [1.165, 1.54) is 5.56 Å². The van der Waals surface area contributed by atoms with E-state index in [1.807, 2.05) is 0 Å². The van der Waals surface area contributed by atoms with Crippen LogP contribution in [-0.4, -0.2) is 47.7 Å². The summed E-state index contributed by atoms with van der Waals surface area (Å²) in [5.41, 5.74) is 3.43. The Hall–Kier alpha value is -1.43. The molecule has 2 aromatic rings. The molecule has 0 radical (unpaired) electrons. The number of piperazine rings is 1. The predicted molar refractivity (Wildman–Crippen MR) is 72.2 cm³/mol. The molecule has 1 fully saturated rings. The second kappa shape index (κ2) is 5.48. The number of benzene rings is 1. The van der Waals surface area contributed by atoms with Gasteiger partial charge in [-0.3, -0.25) is 4.90 Å². The molecule has 2 heterocycles. The lowest BCUT2D eigenvalue weighted by atomic mass is 10.2. The van der Waals surface area contributed by atoms with E-state index in [1.54, 1.807) is 6.33 Å². The molecule has 0 amide bonds. The fraction of sp³-hybridized carbons (Fsp3) is 0.462. The molecule has 5 heteroatoms. The zero-order valence-electron chi connectivity index (χ0n) is 10.4. The van der Waals surface area contributed by atoms with Crippen LogP contribution in [0.3, 0.4) is 0 Å². The number of nitrogens with one attached hydrogen (secondary N) is 3. The third-order valence-corrected chi connectivity index (χ3v) is 3.36. The molecule has 1 aromatic carbocycles. The van der Waals surface area contributed by atoms with Gasteiger partial charge < -0.3 is 15.6 Å². The summed E-state index contributed by atoms with van der Waals surface area (Å²) in [5.74, 6) is 0. The monoisotopic (exact) mass is 245 g/mol. The Labute approximate surface area is 107 Å². The maximum absolute atomic E-state index is 4.22. The molecule has 1 saturated heterocycles. The summed E-state index contributed by atoms with van der Waals surface area (Å²) in [5, 5.41) is 6.85. The van der Waals surface area contributed by atoms with Gasteiger partial charge >= 0.3 is 0 Å². The Morgan fingerprint density at radius 2 is 2.17 bits per heavy atom. The second-order valence-corrected chi connectivity index (χ2v) is 4.71. The van der Waals surface area contributed by atoms with Crippen LogP contribution < -0.4 is 10.6 Å². The molecule has 0 saturated carbocycles. The highest BCUT2D eigenvalue weighted by molar-refractivity contribution is 5.74. The third-order valence-electron chi connectivity index (χ3n) is 3.36. The van der Waals surface area contributed by atoms with Gasteiger partial charge in [0.1, 0.15) is 0 Å². The predicted octanol–water partition coefficient (Wildman–Crippen LogP) is 0.515. The molecule has 1 aliphatic rings. The third kappa shape index (κ3) is 2.69. The molecule has 0 spiro atoms. The van der Waals surface area contributed by atoms with Crippen LogP contribution >= 0.6 is 0 Å². The normalized spacial score (nSPS) is 17.3. The van der Waals surface area contributed by atoms with E-state index < -0.39 is 0 Å². The number of fused-ring (bicyclic) bond motifs is 1. The molecule has 1 aromatic heterocycles. The number of aromatic amines is 1. The standard InChI is InChI=1S/C13H19N5/c1-2-12-13(17-9-16-12)7-11(1)8-15-10-18-5-3-14-4-6-18/h1-2,7,9,14-15H,3-6,8,10H2,(H,16,17). The van der Waals surface area contributed by atoms with Gasteiger partial charge in [-0.2, -0.15) is 0 Å². The maximum atomic E-state index is 4.22. The Morgan fingerprint density at radius 1 is 1.28 bits per heavy atom. The van der Waals surface area contributed by atoms with Crippen molar-refractivity contribution in [3.8, 4) is 0 Å². The van der Waals surface area contributed by atoms with Crippen LogP contribution in [0.4, 0.5) is 0 Å². The Bertz CT molecular complexity index is 501. The van der Waals surface area contributed by atoms with Crippen molar-refractivity contribution >= 4 is 11.0 Å². The fourth-order valence-corrected chi connectivity index (χ4v) is 2.32. The Kier molecular flexibility index (Phi) is 3.54. The van der Waals surface area contributed by atoms with E-state index in [2.05, 4.69) is 43.7 Å². The average Bonchev–Trinajstić information content (AvgIpc) is 2.87. The average molecular weight is 245 g/mol. The van der Waals surface area contributed by atoms with E-state index in [0.717, 1.165) is 50.4 Å². The van der Waals surface area contributed by atoms with Crippen molar-refractivity contribution in [3.05, 3.63) is 30.1 Å². The van der Waals surface area contributed by atoms with Crippen molar-refractivity contribution in [2.75, 3.05) is 32.8 Å². The van der Waals surface area contributed by atoms with Crippen molar-refractivity contribution in [2.24, 2.45) is 0 Å². The van der Waals surface area contributed by atoms with Gasteiger partial charge in [0, 0.05) is 39.4 Å². The van der Waals surface area contributed by atoms with Gasteiger partial charge in [0.25, 0.3) is 0 Å². The lowest BCUT2D eigenvalue weighted by Crippen LogP contribution is -2.46. The summed E-state index contributed by atoms with van der Waals surface area (Å²) in [7, 11) is 0. The largest absolute Gasteiger partial charge is 0.345 e. The van der Waals surface area contributed by atoms with Gasteiger partial charge in [0.2, 0.25) is 0 Å². The van der Waals surface area contributed by atoms with E-state index in [9.17, 15) is 0 Å². The van der Waals surface area contributed by atoms with Crippen molar-refractivity contribution < 1.29 is 0 Å². The first kappa shape index (κ1) is 11.6. The second-order valence-electron chi connectivity index (χ2n) is 4.71. The van der Waals surface area contributed by atoms with Gasteiger partial charge in [-0.25, -0.2) is 4.98 Å². The van der Waals surface area contributed by atoms with Crippen molar-refractivity contribution in [1.82, 2.24) is 25.5 Å². The number of imidazole rings is 1. The molecule has 3 N–H and O–H groups in total. The number of H-pyrrole nitrogens is 1. The van der Waals surface area contributed by atoms with E-state index in [-0.39, 0.29) is 0 Å². The maximum Gasteiger partial charge on any atom is 0.0931 e. The summed E-state index contributed by atoms with van der Waals surface area (Å²) < 4.78 is 0. The van der Waals surface area contributed by atoms with Gasteiger partial charge in [0.15, 0.2) is 0 Å². The molecule has 3 rings (SSSR count). The SMILES string of the molecule is c1nc2ccc(CNCN3CCNCC3)cc2[nH]1. The minimum absolute atomic E-state index is 0.902. The van der Waals surface area contributed by atoms with Crippen LogP contribution in [0.25, 0.3) is 11.0 Å². The van der Waals surface area contributed by atoms with Gasteiger partial charge in [-0.15, -0.1) is 0 Å². The van der Waals surface area contributed by atoms with Crippen LogP contribution in [0, 0.1) is 0 Å². The van der Waals surface area contributed by atoms with E-state index >= 15 is 0 Å². The molecule has 0 aliphatic carbocycles. The highest BCUT2D eigenvalue weighted by Crippen LogP contribution is 2.11. The van der Waals surface area contributed by atoms with Gasteiger partial charge in [-0.05, 0) is 17.7 Å². The number of hydrogen-bond acceptors (Lipinski definition) is 4. The first-order chi connectivity index (χ1) is 8.92. The number of nitrogens with zero attached hydrogens (tertiary/aromatic N) is 2. The first-order valence-electron chi connectivity index (χ1n) is 6.47. The van der Waals surface area contributed by atoms with Crippen molar-refractivity contribution in [1.29, 1.82) is 0 Å². The van der Waals surface area contributed by atoms with E-state index in [4.69, 9.17) is 0 Å². The molecule has 96 valence electrons. The summed E-state index contributed by atoms with van der Waals surface area (Å²) in [4.78, 5) is 9.80. The topological polar surface area (TPSA) is 56.0 Å².